The highest BCUT2D eigenvalue weighted by Crippen LogP contribution is 2.42. The summed E-state index contributed by atoms with van der Waals surface area (Å²) >= 11 is 0. The van der Waals surface area contributed by atoms with Crippen LogP contribution >= 0.6 is 0 Å². The van der Waals surface area contributed by atoms with Gasteiger partial charge < -0.3 is 43.3 Å². The van der Waals surface area contributed by atoms with Gasteiger partial charge in [-0.3, -0.25) is 9.97 Å². The van der Waals surface area contributed by atoms with Crippen LogP contribution < -0.4 is 38.2 Å². The molecule has 0 unspecified atom stereocenters. The Labute approximate surface area is 258 Å². The van der Waals surface area contributed by atoms with Crippen molar-refractivity contribution in [3.05, 3.63) is 60.9 Å². The zero-order chi connectivity index (χ0) is 31.8. The van der Waals surface area contributed by atoms with Gasteiger partial charge in [0.25, 0.3) is 0 Å². The number of pyridine rings is 2. The molecule has 0 spiro atoms. The van der Waals surface area contributed by atoms with Crippen LogP contribution in [0.2, 0.25) is 0 Å². The number of anilines is 2. The van der Waals surface area contributed by atoms with E-state index in [1.807, 2.05) is 72.4 Å². The molecule has 0 aliphatic heterocycles. The van der Waals surface area contributed by atoms with Gasteiger partial charge >= 0.3 is 0 Å². The van der Waals surface area contributed by atoms with Crippen LogP contribution in [0.3, 0.4) is 0 Å². The Morgan fingerprint density at radius 1 is 0.568 bits per heavy atom. The van der Waals surface area contributed by atoms with Gasteiger partial charge in [0.2, 0.25) is 11.5 Å². The minimum absolute atomic E-state index is 0.409. The number of rotatable bonds is 14. The highest BCUT2D eigenvalue weighted by Gasteiger charge is 2.18. The molecule has 1 N–H and O–H groups in total. The largest absolute Gasteiger partial charge is 0.493 e. The number of likely N-dealkylation sites (N-methyl/N-ethyl adjacent to an activating group) is 2. The Hall–Kier alpha value is -4.90. The fourth-order valence-electron chi connectivity index (χ4n) is 4.92. The van der Waals surface area contributed by atoms with E-state index in [2.05, 4.69) is 9.97 Å². The maximum absolute atomic E-state index is 10.9. The molecule has 0 saturated heterocycles. The van der Waals surface area contributed by atoms with Crippen LogP contribution in [0.4, 0.5) is 11.4 Å². The summed E-state index contributed by atoms with van der Waals surface area (Å²) in [6.45, 7) is 0.818. The predicted octanol–water partition coefficient (Wildman–Crippen LogP) is 4.80. The van der Waals surface area contributed by atoms with E-state index in [1.54, 1.807) is 55.1 Å². The molecule has 2 heterocycles. The van der Waals surface area contributed by atoms with Crippen molar-refractivity contribution in [1.29, 1.82) is 0 Å². The molecular formula is C33H40N4O7. The molecule has 11 heteroatoms. The number of benzene rings is 2. The summed E-state index contributed by atoms with van der Waals surface area (Å²) in [7, 11) is 13.3. The van der Waals surface area contributed by atoms with Crippen LogP contribution in [0.5, 0.6) is 34.5 Å². The van der Waals surface area contributed by atoms with Gasteiger partial charge in [0.05, 0.1) is 83.9 Å². The molecule has 0 radical (unpaired) electrons. The Morgan fingerprint density at radius 2 is 0.909 bits per heavy atom. The van der Waals surface area contributed by atoms with Crippen molar-refractivity contribution in [1.82, 2.24) is 9.97 Å². The van der Waals surface area contributed by atoms with Crippen molar-refractivity contribution in [2.75, 3.05) is 79.6 Å². The van der Waals surface area contributed by atoms with E-state index in [1.165, 1.54) is 0 Å². The minimum Gasteiger partial charge on any atom is -0.493 e. The van der Waals surface area contributed by atoms with Crippen LogP contribution in [0.1, 0.15) is 0 Å². The molecule has 0 aliphatic rings. The summed E-state index contributed by atoms with van der Waals surface area (Å²) in [5.74, 6) is 3.29. The molecule has 0 aliphatic carbocycles. The van der Waals surface area contributed by atoms with Crippen molar-refractivity contribution in [2.24, 2.45) is 0 Å². The lowest BCUT2D eigenvalue weighted by atomic mass is 10.1. The highest BCUT2D eigenvalue weighted by atomic mass is 16.5. The van der Waals surface area contributed by atoms with Gasteiger partial charge in [0, 0.05) is 38.3 Å². The number of aromatic nitrogens is 2. The molecule has 234 valence electrons. The van der Waals surface area contributed by atoms with E-state index >= 15 is 0 Å². The van der Waals surface area contributed by atoms with Gasteiger partial charge in [-0.15, -0.1) is 0 Å². The van der Waals surface area contributed by atoms with E-state index in [9.17, 15) is 5.11 Å². The normalized spacial score (nSPS) is 10.8. The van der Waals surface area contributed by atoms with Crippen molar-refractivity contribution in [2.45, 2.75) is 6.10 Å². The third-order valence-corrected chi connectivity index (χ3v) is 7.27. The van der Waals surface area contributed by atoms with Crippen molar-refractivity contribution in [3.63, 3.8) is 0 Å². The average Bonchev–Trinajstić information content (AvgIpc) is 3.06. The predicted molar refractivity (Wildman–Crippen MR) is 171 cm³/mol. The summed E-state index contributed by atoms with van der Waals surface area (Å²) in [5.41, 5.74) is 4.92. The second-order valence-electron chi connectivity index (χ2n) is 10.0. The highest BCUT2D eigenvalue weighted by molar-refractivity contribution is 5.70. The third-order valence-electron chi connectivity index (χ3n) is 7.27. The number of hydrogen-bond donors (Lipinski definition) is 1. The smallest absolute Gasteiger partial charge is 0.203 e. The number of methoxy groups -OCH3 is 6. The van der Waals surface area contributed by atoms with Crippen molar-refractivity contribution in [3.8, 4) is 57.0 Å². The zero-order valence-electron chi connectivity index (χ0n) is 26.5. The van der Waals surface area contributed by atoms with Crippen LogP contribution in [0, 0.1) is 0 Å². The summed E-state index contributed by atoms with van der Waals surface area (Å²) in [6, 6.07) is 15.2. The first-order valence-corrected chi connectivity index (χ1v) is 13.9. The molecule has 11 nitrogen and oxygen atoms in total. The molecule has 0 amide bonds. The number of nitrogens with zero attached hydrogens (tertiary/aromatic N) is 4. The Bertz CT molecular complexity index is 1370. The lowest BCUT2D eigenvalue weighted by Gasteiger charge is -2.27. The molecule has 0 saturated carbocycles. The van der Waals surface area contributed by atoms with Crippen LogP contribution in [0.15, 0.2) is 60.9 Å². The van der Waals surface area contributed by atoms with Gasteiger partial charge in [-0.2, -0.15) is 0 Å². The first kappa shape index (κ1) is 32.0. The molecule has 4 aromatic rings. The molecule has 4 rings (SSSR count). The van der Waals surface area contributed by atoms with E-state index < -0.39 is 6.10 Å². The molecule has 0 atom stereocenters. The first-order chi connectivity index (χ1) is 21.3. The van der Waals surface area contributed by atoms with Gasteiger partial charge in [-0.25, -0.2) is 0 Å². The SMILES string of the molecule is COc1cc(-c2ccc(N(C)CC(O)CN(C)c3ccc(-c4cc(OC)c(OC)c(OC)c4)nc3)cn2)cc(OC)c1OC. The van der Waals surface area contributed by atoms with Crippen LogP contribution in [0.25, 0.3) is 22.5 Å². The van der Waals surface area contributed by atoms with E-state index in [-0.39, 0.29) is 0 Å². The second-order valence-corrected chi connectivity index (χ2v) is 10.0. The van der Waals surface area contributed by atoms with E-state index in [0.717, 1.165) is 33.9 Å². The monoisotopic (exact) mass is 604 g/mol. The number of aliphatic hydroxyl groups excluding tert-OH is 1. The Balaban J connectivity index is 1.39. The van der Waals surface area contributed by atoms with Crippen LogP contribution in [-0.4, -0.2) is 91.0 Å². The summed E-state index contributed by atoms with van der Waals surface area (Å²) in [5, 5.41) is 10.9. The Morgan fingerprint density at radius 3 is 1.16 bits per heavy atom. The number of aliphatic hydroxyl groups is 1. The summed E-state index contributed by atoms with van der Waals surface area (Å²) in [6.07, 6.45) is 2.93. The van der Waals surface area contributed by atoms with E-state index in [4.69, 9.17) is 28.4 Å². The lowest BCUT2D eigenvalue weighted by Crippen LogP contribution is -2.37. The lowest BCUT2D eigenvalue weighted by molar-refractivity contribution is 0.188. The van der Waals surface area contributed by atoms with Crippen LogP contribution in [-0.2, 0) is 0 Å². The first-order valence-electron chi connectivity index (χ1n) is 13.9. The molecular weight excluding hydrogens is 564 g/mol. The molecule has 0 bridgehead atoms. The topological polar surface area (TPSA) is 108 Å². The fraction of sp³-hybridized carbons (Fsp3) is 0.333. The van der Waals surface area contributed by atoms with Crippen molar-refractivity contribution < 1.29 is 33.5 Å². The second kappa shape index (κ2) is 14.5. The maximum atomic E-state index is 10.9. The summed E-state index contributed by atoms with van der Waals surface area (Å²) in [4.78, 5) is 13.2. The summed E-state index contributed by atoms with van der Waals surface area (Å²) < 4.78 is 32.7. The standard InChI is InChI=1S/C33H40N4O7/c1-36(23-9-11-26(34-17-23)21-13-28(39-3)32(43-7)29(14-21)40-4)19-25(38)20-37(2)24-10-12-27(35-18-24)22-15-30(41-5)33(44-8)31(16-22)42-6/h9-18,25,38H,19-20H2,1-8H3. The third kappa shape index (κ3) is 7.00. The molecule has 2 aromatic heterocycles. The van der Waals surface area contributed by atoms with Gasteiger partial charge in [0.1, 0.15) is 0 Å². The van der Waals surface area contributed by atoms with Crippen molar-refractivity contribution >= 4 is 11.4 Å². The minimum atomic E-state index is -0.630. The molecule has 0 fully saturated rings. The number of ether oxygens (including phenoxy) is 6. The maximum Gasteiger partial charge on any atom is 0.203 e. The fourth-order valence-corrected chi connectivity index (χ4v) is 4.92. The van der Waals surface area contributed by atoms with E-state index in [0.29, 0.717) is 47.6 Å². The quantitative estimate of drug-likeness (QED) is 0.215. The van der Waals surface area contributed by atoms with Gasteiger partial charge in [-0.1, -0.05) is 0 Å². The zero-order valence-corrected chi connectivity index (χ0v) is 26.5. The van der Waals surface area contributed by atoms with Gasteiger partial charge in [0.15, 0.2) is 23.0 Å². The molecule has 44 heavy (non-hydrogen) atoms. The molecule has 2 aromatic carbocycles. The Kier molecular flexibility index (Phi) is 10.6. The van der Waals surface area contributed by atoms with Gasteiger partial charge in [-0.05, 0) is 48.5 Å². The number of hydrogen-bond acceptors (Lipinski definition) is 11. The average molecular weight is 605 g/mol.